The van der Waals surface area contributed by atoms with E-state index in [0.29, 0.717) is 34.3 Å². The molecule has 0 aromatic carbocycles. The van der Waals surface area contributed by atoms with Crippen LogP contribution in [0.25, 0.3) is 5.52 Å². The van der Waals surface area contributed by atoms with Crippen LogP contribution >= 0.6 is 0 Å². The largest absolute Gasteiger partial charge is 0.462 e. The van der Waals surface area contributed by atoms with Gasteiger partial charge in [0.15, 0.2) is 11.6 Å². The van der Waals surface area contributed by atoms with Gasteiger partial charge in [-0.25, -0.2) is 13.7 Å². The molecule has 0 saturated heterocycles. The van der Waals surface area contributed by atoms with Gasteiger partial charge >= 0.3 is 5.97 Å². The number of aliphatic imine (C=N–C) groups is 1. The van der Waals surface area contributed by atoms with Crippen molar-refractivity contribution < 1.29 is 18.7 Å². The Morgan fingerprint density at radius 1 is 1.37 bits per heavy atom. The van der Waals surface area contributed by atoms with E-state index in [0.717, 1.165) is 5.70 Å². The molecule has 0 fully saturated rings. The highest BCUT2D eigenvalue weighted by Crippen LogP contribution is 2.33. The lowest BCUT2D eigenvalue weighted by Crippen LogP contribution is -2.11. The van der Waals surface area contributed by atoms with Gasteiger partial charge in [-0.3, -0.25) is 4.99 Å². The molecule has 2 aromatic rings. The van der Waals surface area contributed by atoms with Crippen LogP contribution in [0, 0.1) is 6.92 Å². The number of nitrogens with zero attached hydrogens (tertiary/aromatic N) is 4. The summed E-state index contributed by atoms with van der Waals surface area (Å²) in [6, 6.07) is 0. The predicted octanol–water partition coefficient (Wildman–Crippen LogP) is 3.46. The summed E-state index contributed by atoms with van der Waals surface area (Å²) in [4.78, 5) is 20.6. The topological polar surface area (TPSA) is 78.1 Å². The standard InChI is InChI=1S/C19H17FN4O3/c1-4-26-19(25)13-8-24-17(11(13)3)18(21-9-22-24)27-15-6-5-14-12(16(15)20)7-10(2)23-14/h6-9H,4-5H2,1-3H3. The van der Waals surface area contributed by atoms with Gasteiger partial charge in [0, 0.05) is 23.9 Å². The molecule has 0 spiro atoms. The second-order valence-electron chi connectivity index (χ2n) is 6.19. The molecule has 0 saturated carbocycles. The summed E-state index contributed by atoms with van der Waals surface area (Å²) in [7, 11) is 0. The maximum Gasteiger partial charge on any atom is 0.340 e. The van der Waals surface area contributed by atoms with Crippen LogP contribution in [-0.4, -0.2) is 32.9 Å². The molecular weight excluding hydrogens is 351 g/mol. The molecule has 2 aliphatic rings. The number of hydrogen-bond acceptors (Lipinski definition) is 6. The van der Waals surface area contributed by atoms with Crippen LogP contribution < -0.4 is 4.74 Å². The summed E-state index contributed by atoms with van der Waals surface area (Å²) in [6.07, 6.45) is 6.64. The van der Waals surface area contributed by atoms with Crippen LogP contribution in [0.4, 0.5) is 4.39 Å². The first-order valence-electron chi connectivity index (χ1n) is 8.54. The van der Waals surface area contributed by atoms with Crippen LogP contribution in [0.15, 0.2) is 52.5 Å². The predicted molar refractivity (Wildman–Crippen MR) is 96.3 cm³/mol. The first-order valence-corrected chi connectivity index (χ1v) is 8.54. The van der Waals surface area contributed by atoms with Crippen molar-refractivity contribution in [2.75, 3.05) is 6.61 Å². The number of carbonyl (C=O) groups is 1. The third kappa shape index (κ3) is 2.83. The number of ether oxygens (including phenoxy) is 2. The number of hydrogen-bond donors (Lipinski definition) is 0. The molecule has 27 heavy (non-hydrogen) atoms. The number of halogens is 1. The molecular formula is C19H17FN4O3. The molecule has 0 unspecified atom stereocenters. The Balaban J connectivity index is 1.73. The number of aromatic nitrogens is 3. The van der Waals surface area contributed by atoms with Gasteiger partial charge in [0.05, 0.1) is 17.9 Å². The Hall–Kier alpha value is -3.29. The Kier molecular flexibility index (Phi) is 4.10. The minimum absolute atomic E-state index is 0.0776. The molecule has 0 atom stereocenters. The van der Waals surface area contributed by atoms with E-state index in [2.05, 4.69) is 15.1 Å². The van der Waals surface area contributed by atoms with Gasteiger partial charge in [-0.2, -0.15) is 10.1 Å². The second kappa shape index (κ2) is 6.46. The van der Waals surface area contributed by atoms with E-state index >= 15 is 0 Å². The Morgan fingerprint density at radius 2 is 2.19 bits per heavy atom. The van der Waals surface area contributed by atoms with Crippen molar-refractivity contribution >= 4 is 17.2 Å². The summed E-state index contributed by atoms with van der Waals surface area (Å²) in [5.74, 6) is -0.694. The highest BCUT2D eigenvalue weighted by Gasteiger charge is 2.26. The van der Waals surface area contributed by atoms with Crippen molar-refractivity contribution in [1.29, 1.82) is 0 Å². The highest BCUT2D eigenvalue weighted by molar-refractivity contribution is 6.08. The zero-order chi connectivity index (χ0) is 19.1. The van der Waals surface area contributed by atoms with Crippen LogP contribution in [-0.2, 0) is 4.74 Å². The van der Waals surface area contributed by atoms with Crippen LogP contribution in [0.5, 0.6) is 5.88 Å². The number of fused-ring (bicyclic) bond motifs is 2. The van der Waals surface area contributed by atoms with E-state index in [1.807, 2.05) is 6.92 Å². The van der Waals surface area contributed by atoms with Crippen molar-refractivity contribution in [2.24, 2.45) is 4.99 Å². The summed E-state index contributed by atoms with van der Waals surface area (Å²) in [5, 5.41) is 4.11. The van der Waals surface area contributed by atoms with Gasteiger partial charge in [0.2, 0.25) is 5.88 Å². The number of rotatable bonds is 4. The van der Waals surface area contributed by atoms with E-state index < -0.39 is 11.8 Å². The van der Waals surface area contributed by atoms with Gasteiger partial charge < -0.3 is 9.47 Å². The summed E-state index contributed by atoms with van der Waals surface area (Å²) >= 11 is 0. The lowest BCUT2D eigenvalue weighted by atomic mass is 10.0. The molecule has 0 N–H and O–H groups in total. The molecule has 0 radical (unpaired) electrons. The van der Waals surface area contributed by atoms with Crippen molar-refractivity contribution in [1.82, 2.24) is 14.6 Å². The Labute approximate surface area is 154 Å². The number of esters is 1. The normalized spacial score (nSPS) is 16.1. The average Bonchev–Trinajstić information content (AvgIpc) is 3.19. The van der Waals surface area contributed by atoms with Gasteiger partial charge in [-0.15, -0.1) is 0 Å². The summed E-state index contributed by atoms with van der Waals surface area (Å²) in [5.41, 5.74) is 3.34. The molecule has 0 amide bonds. The fraction of sp³-hybridized carbons (Fsp3) is 0.263. The smallest absolute Gasteiger partial charge is 0.340 e. The fourth-order valence-electron chi connectivity index (χ4n) is 3.16. The highest BCUT2D eigenvalue weighted by atomic mass is 19.1. The first-order chi connectivity index (χ1) is 13.0. The second-order valence-corrected chi connectivity index (χ2v) is 6.19. The molecule has 1 aliphatic heterocycles. The van der Waals surface area contributed by atoms with Crippen molar-refractivity contribution in [2.45, 2.75) is 27.2 Å². The first kappa shape index (κ1) is 17.1. The monoisotopic (exact) mass is 368 g/mol. The molecule has 3 heterocycles. The van der Waals surface area contributed by atoms with Gasteiger partial charge in [0.1, 0.15) is 11.8 Å². The molecule has 1 aliphatic carbocycles. The van der Waals surface area contributed by atoms with Crippen LogP contribution in [0.1, 0.15) is 36.2 Å². The maximum absolute atomic E-state index is 14.8. The SMILES string of the molecule is CCOC(=O)c1cn2ncnc(OC3=CCC4=NC(C)=CC4=C3F)c2c1C. The van der Waals surface area contributed by atoms with E-state index in [4.69, 9.17) is 9.47 Å². The van der Waals surface area contributed by atoms with Gasteiger partial charge in [-0.05, 0) is 38.5 Å². The van der Waals surface area contributed by atoms with E-state index in [-0.39, 0.29) is 18.2 Å². The minimum Gasteiger partial charge on any atom is -0.462 e. The summed E-state index contributed by atoms with van der Waals surface area (Å²) < 4.78 is 27.2. The van der Waals surface area contributed by atoms with Crippen molar-refractivity contribution in [3.8, 4) is 5.88 Å². The molecule has 2 aromatic heterocycles. The number of aryl methyl sites for hydroxylation is 1. The van der Waals surface area contributed by atoms with Gasteiger partial charge in [0.25, 0.3) is 0 Å². The molecule has 138 valence electrons. The van der Waals surface area contributed by atoms with E-state index in [1.165, 1.54) is 10.8 Å². The van der Waals surface area contributed by atoms with Gasteiger partial charge in [-0.1, -0.05) is 0 Å². The summed E-state index contributed by atoms with van der Waals surface area (Å²) in [6.45, 7) is 5.57. The zero-order valence-electron chi connectivity index (χ0n) is 15.1. The molecule has 0 bridgehead atoms. The maximum atomic E-state index is 14.8. The average molecular weight is 368 g/mol. The number of allylic oxidation sites excluding steroid dienone is 5. The zero-order valence-corrected chi connectivity index (χ0v) is 15.1. The van der Waals surface area contributed by atoms with E-state index in [9.17, 15) is 9.18 Å². The van der Waals surface area contributed by atoms with Crippen LogP contribution in [0.2, 0.25) is 0 Å². The minimum atomic E-state index is -0.483. The van der Waals surface area contributed by atoms with Crippen molar-refractivity contribution in [3.05, 3.63) is 58.7 Å². The molecule has 4 rings (SSSR count). The van der Waals surface area contributed by atoms with Crippen molar-refractivity contribution in [3.63, 3.8) is 0 Å². The quantitative estimate of drug-likeness (QED) is 0.772. The lowest BCUT2D eigenvalue weighted by Gasteiger charge is -2.15. The molecule has 8 heteroatoms. The third-order valence-electron chi connectivity index (χ3n) is 4.40. The van der Waals surface area contributed by atoms with E-state index in [1.54, 1.807) is 32.2 Å². The Morgan fingerprint density at radius 3 is 2.96 bits per heavy atom. The lowest BCUT2D eigenvalue weighted by molar-refractivity contribution is 0.0525. The third-order valence-corrected chi connectivity index (χ3v) is 4.40. The molecule has 7 nitrogen and oxygen atoms in total. The fourth-order valence-corrected chi connectivity index (χ4v) is 3.16. The number of carbonyl (C=O) groups excluding carboxylic acids is 1. The Bertz CT molecular complexity index is 1090. The van der Waals surface area contributed by atoms with Crippen LogP contribution in [0.3, 0.4) is 0 Å².